The summed E-state index contributed by atoms with van der Waals surface area (Å²) in [5.74, 6) is 1.65. The third kappa shape index (κ3) is 3.97. The van der Waals surface area contributed by atoms with E-state index in [0.29, 0.717) is 0 Å². The molecule has 0 atom stereocenters. The first-order chi connectivity index (χ1) is 13.3. The van der Waals surface area contributed by atoms with Crippen LogP contribution in [0.25, 0.3) is 11.2 Å². The maximum Gasteiger partial charge on any atom is 0.166 e. The van der Waals surface area contributed by atoms with Gasteiger partial charge in [0.2, 0.25) is 0 Å². The Balaban J connectivity index is 1.57. The number of imidazole rings is 1. The van der Waals surface area contributed by atoms with Crippen LogP contribution in [-0.2, 0) is 19.4 Å². The molecule has 4 aromatic rings. The SMILES string of the molecule is CNc1nc(CCCc2ccccc2)nc2c1ncn2Cc1ccccc1. The molecule has 2 heterocycles. The smallest absolute Gasteiger partial charge is 0.166 e. The van der Waals surface area contributed by atoms with Crippen molar-refractivity contribution in [3.63, 3.8) is 0 Å². The van der Waals surface area contributed by atoms with Crippen molar-refractivity contribution in [2.24, 2.45) is 0 Å². The average molecular weight is 357 g/mol. The average Bonchev–Trinajstić information content (AvgIpc) is 3.12. The van der Waals surface area contributed by atoms with E-state index in [1.165, 1.54) is 11.1 Å². The van der Waals surface area contributed by atoms with Gasteiger partial charge in [-0.3, -0.25) is 0 Å². The summed E-state index contributed by atoms with van der Waals surface area (Å²) >= 11 is 0. The Morgan fingerprint density at radius 3 is 2.26 bits per heavy atom. The molecule has 136 valence electrons. The van der Waals surface area contributed by atoms with Gasteiger partial charge in [0.15, 0.2) is 11.5 Å². The molecule has 4 rings (SSSR count). The number of nitrogens with one attached hydrogen (secondary N) is 1. The van der Waals surface area contributed by atoms with Crippen molar-refractivity contribution in [2.45, 2.75) is 25.8 Å². The van der Waals surface area contributed by atoms with Gasteiger partial charge in [-0.1, -0.05) is 60.7 Å². The van der Waals surface area contributed by atoms with Crippen LogP contribution >= 0.6 is 0 Å². The maximum absolute atomic E-state index is 4.82. The predicted molar refractivity (Wildman–Crippen MR) is 109 cm³/mol. The quantitative estimate of drug-likeness (QED) is 0.541. The van der Waals surface area contributed by atoms with E-state index in [2.05, 4.69) is 68.4 Å². The normalized spacial score (nSPS) is 11.0. The molecule has 0 unspecified atom stereocenters. The minimum atomic E-state index is 0.751. The van der Waals surface area contributed by atoms with Crippen LogP contribution in [0, 0.1) is 0 Å². The Kier molecular flexibility index (Phi) is 5.10. The van der Waals surface area contributed by atoms with Gasteiger partial charge >= 0.3 is 0 Å². The molecule has 0 saturated heterocycles. The zero-order chi connectivity index (χ0) is 18.5. The monoisotopic (exact) mass is 357 g/mol. The lowest BCUT2D eigenvalue weighted by Gasteiger charge is -2.08. The van der Waals surface area contributed by atoms with Crippen LogP contribution in [0.5, 0.6) is 0 Å². The standard InChI is InChI=1S/C22H23N5/c1-23-21-20-22(27(16-24-20)15-18-11-6-3-7-12-18)26-19(25-21)14-8-13-17-9-4-2-5-10-17/h2-7,9-12,16H,8,13-15H2,1H3,(H,23,25,26). The zero-order valence-corrected chi connectivity index (χ0v) is 15.5. The maximum atomic E-state index is 4.82. The first kappa shape index (κ1) is 17.2. The van der Waals surface area contributed by atoms with Gasteiger partial charge in [-0.05, 0) is 24.0 Å². The summed E-state index contributed by atoms with van der Waals surface area (Å²) in [5, 5.41) is 3.17. The lowest BCUT2D eigenvalue weighted by atomic mass is 10.1. The second-order valence-electron chi connectivity index (χ2n) is 6.61. The molecule has 2 aromatic heterocycles. The van der Waals surface area contributed by atoms with Gasteiger partial charge in [0.25, 0.3) is 0 Å². The molecule has 5 nitrogen and oxygen atoms in total. The van der Waals surface area contributed by atoms with Crippen molar-refractivity contribution < 1.29 is 0 Å². The fourth-order valence-electron chi connectivity index (χ4n) is 3.27. The lowest BCUT2D eigenvalue weighted by molar-refractivity contribution is 0.764. The van der Waals surface area contributed by atoms with Crippen molar-refractivity contribution in [1.82, 2.24) is 19.5 Å². The van der Waals surface area contributed by atoms with Crippen LogP contribution in [-0.4, -0.2) is 26.6 Å². The van der Waals surface area contributed by atoms with Crippen molar-refractivity contribution in [2.75, 3.05) is 12.4 Å². The summed E-state index contributed by atoms with van der Waals surface area (Å²) in [5.41, 5.74) is 4.28. The molecule has 0 radical (unpaired) electrons. The molecule has 0 spiro atoms. The van der Waals surface area contributed by atoms with E-state index in [4.69, 9.17) is 4.98 Å². The second-order valence-corrected chi connectivity index (χ2v) is 6.61. The molecule has 2 aromatic carbocycles. The van der Waals surface area contributed by atoms with Crippen LogP contribution in [0.4, 0.5) is 5.82 Å². The molecule has 0 saturated carbocycles. The zero-order valence-electron chi connectivity index (χ0n) is 15.5. The van der Waals surface area contributed by atoms with E-state index in [9.17, 15) is 0 Å². The van der Waals surface area contributed by atoms with E-state index in [-0.39, 0.29) is 0 Å². The molecule has 0 aliphatic carbocycles. The molecule has 0 fully saturated rings. The summed E-state index contributed by atoms with van der Waals surface area (Å²) in [7, 11) is 1.88. The van der Waals surface area contributed by atoms with Gasteiger partial charge in [0.05, 0.1) is 12.9 Å². The lowest BCUT2D eigenvalue weighted by Crippen LogP contribution is -2.05. The molecule has 0 aliphatic rings. The Bertz CT molecular complexity index is 1010. The third-order valence-corrected chi connectivity index (χ3v) is 4.65. The second kappa shape index (κ2) is 7.99. The summed E-state index contributed by atoms with van der Waals surface area (Å²) in [4.78, 5) is 14.0. The van der Waals surface area contributed by atoms with E-state index < -0.39 is 0 Å². The largest absolute Gasteiger partial charge is 0.371 e. The van der Waals surface area contributed by atoms with E-state index in [1.807, 2.05) is 25.5 Å². The van der Waals surface area contributed by atoms with Crippen molar-refractivity contribution >= 4 is 17.0 Å². The van der Waals surface area contributed by atoms with Crippen LogP contribution < -0.4 is 5.32 Å². The van der Waals surface area contributed by atoms with Crippen molar-refractivity contribution in [3.05, 3.63) is 83.9 Å². The highest BCUT2D eigenvalue weighted by molar-refractivity contribution is 5.82. The Labute approximate surface area is 159 Å². The first-order valence-electron chi connectivity index (χ1n) is 9.31. The number of nitrogens with zero attached hydrogens (tertiary/aromatic N) is 4. The molecule has 27 heavy (non-hydrogen) atoms. The summed E-state index contributed by atoms with van der Waals surface area (Å²) in [6, 6.07) is 20.9. The van der Waals surface area contributed by atoms with Crippen LogP contribution in [0.1, 0.15) is 23.4 Å². The van der Waals surface area contributed by atoms with Gasteiger partial charge in [0.1, 0.15) is 11.3 Å². The first-order valence-corrected chi connectivity index (χ1v) is 9.31. The van der Waals surface area contributed by atoms with E-state index >= 15 is 0 Å². The molecule has 1 N–H and O–H groups in total. The summed E-state index contributed by atoms with van der Waals surface area (Å²) in [6.07, 6.45) is 4.74. The molecular formula is C22H23N5. The highest BCUT2D eigenvalue weighted by atomic mass is 15.1. The molecule has 5 heteroatoms. The Hall–Kier alpha value is -3.21. The number of anilines is 1. The predicted octanol–water partition coefficient (Wildman–Crippen LogP) is 4.09. The highest BCUT2D eigenvalue weighted by Crippen LogP contribution is 2.20. The topological polar surface area (TPSA) is 55.6 Å². The van der Waals surface area contributed by atoms with Crippen LogP contribution in [0.3, 0.4) is 0 Å². The number of benzene rings is 2. The number of rotatable bonds is 7. The number of hydrogen-bond acceptors (Lipinski definition) is 4. The number of aromatic nitrogens is 4. The van der Waals surface area contributed by atoms with Gasteiger partial charge in [-0.15, -0.1) is 0 Å². The molecule has 0 bridgehead atoms. The minimum Gasteiger partial charge on any atom is -0.371 e. The summed E-state index contributed by atoms with van der Waals surface area (Å²) < 4.78 is 2.09. The van der Waals surface area contributed by atoms with Crippen molar-refractivity contribution in [3.8, 4) is 0 Å². The van der Waals surface area contributed by atoms with Gasteiger partial charge in [-0.2, -0.15) is 0 Å². The fraction of sp³-hybridized carbons (Fsp3) is 0.227. The third-order valence-electron chi connectivity index (χ3n) is 4.65. The molecular weight excluding hydrogens is 334 g/mol. The summed E-state index contributed by atoms with van der Waals surface area (Å²) in [6.45, 7) is 0.751. The number of fused-ring (bicyclic) bond motifs is 1. The highest BCUT2D eigenvalue weighted by Gasteiger charge is 2.12. The Morgan fingerprint density at radius 1 is 0.852 bits per heavy atom. The number of aryl methyl sites for hydroxylation is 2. The minimum absolute atomic E-state index is 0.751. The molecule has 0 amide bonds. The van der Waals surface area contributed by atoms with Crippen LogP contribution in [0.15, 0.2) is 67.0 Å². The van der Waals surface area contributed by atoms with Gasteiger partial charge in [-0.25, -0.2) is 15.0 Å². The fourth-order valence-corrected chi connectivity index (χ4v) is 3.27. The number of hydrogen-bond donors (Lipinski definition) is 1. The van der Waals surface area contributed by atoms with Gasteiger partial charge in [0, 0.05) is 13.5 Å². The van der Waals surface area contributed by atoms with E-state index in [1.54, 1.807) is 0 Å². The Morgan fingerprint density at radius 2 is 1.56 bits per heavy atom. The van der Waals surface area contributed by atoms with Crippen LogP contribution in [0.2, 0.25) is 0 Å². The van der Waals surface area contributed by atoms with Gasteiger partial charge < -0.3 is 9.88 Å². The van der Waals surface area contributed by atoms with Crippen molar-refractivity contribution in [1.29, 1.82) is 0 Å². The molecule has 0 aliphatic heterocycles. The van der Waals surface area contributed by atoms with E-state index in [0.717, 1.165) is 48.6 Å².